The summed E-state index contributed by atoms with van der Waals surface area (Å²) in [4.78, 5) is 0. The van der Waals surface area contributed by atoms with Crippen LogP contribution in [0.3, 0.4) is 0 Å². The molecule has 4 aromatic rings. The monoisotopic (exact) mass is 506 g/mol. The van der Waals surface area contributed by atoms with Crippen LogP contribution >= 0.6 is 0 Å². The van der Waals surface area contributed by atoms with Gasteiger partial charge in [0, 0.05) is 0 Å². The SMILES string of the molecule is C/C=c1/c(C2=C/C=C\C=C/c3ccccc3/C=C\C=C\2)c2ccccc2c(-c2ccc(C)cc2)/c1=C/C.CC. The predicted octanol–water partition coefficient (Wildman–Crippen LogP) is 9.68. The summed E-state index contributed by atoms with van der Waals surface area (Å²) in [5, 5.41) is 5.07. The molecule has 0 atom stereocenters. The van der Waals surface area contributed by atoms with E-state index in [9.17, 15) is 0 Å². The molecule has 0 heteroatoms. The Kier molecular flexibility index (Phi) is 9.48. The first kappa shape index (κ1) is 27.6. The van der Waals surface area contributed by atoms with Crippen molar-refractivity contribution in [2.45, 2.75) is 34.6 Å². The smallest absolute Gasteiger partial charge is 0.00298 e. The maximum Gasteiger partial charge on any atom is -0.00298 e. The number of rotatable bonds is 2. The van der Waals surface area contributed by atoms with Crippen LogP contribution in [0.25, 0.3) is 51.8 Å². The lowest BCUT2D eigenvalue weighted by atomic mass is 9.87. The van der Waals surface area contributed by atoms with Crippen LogP contribution < -0.4 is 10.4 Å². The third-order valence-electron chi connectivity index (χ3n) is 6.93. The highest BCUT2D eigenvalue weighted by atomic mass is 14.2. The van der Waals surface area contributed by atoms with Gasteiger partial charge in [0.1, 0.15) is 0 Å². The van der Waals surface area contributed by atoms with E-state index in [4.69, 9.17) is 0 Å². The van der Waals surface area contributed by atoms with Crippen LogP contribution in [0.2, 0.25) is 0 Å². The van der Waals surface area contributed by atoms with E-state index in [-0.39, 0.29) is 0 Å². The third-order valence-corrected chi connectivity index (χ3v) is 6.93. The third kappa shape index (κ3) is 6.02. The summed E-state index contributed by atoms with van der Waals surface area (Å²) in [6, 6.07) is 26.2. The molecule has 0 saturated carbocycles. The van der Waals surface area contributed by atoms with E-state index in [1.54, 1.807) is 0 Å². The maximum atomic E-state index is 2.26. The van der Waals surface area contributed by atoms with Crippen LogP contribution in [0.1, 0.15) is 49.9 Å². The minimum atomic E-state index is 1.19. The summed E-state index contributed by atoms with van der Waals surface area (Å²) >= 11 is 0. The van der Waals surface area contributed by atoms with E-state index in [0.717, 1.165) is 0 Å². The molecule has 5 rings (SSSR count). The lowest BCUT2D eigenvalue weighted by Gasteiger charge is -2.16. The van der Waals surface area contributed by atoms with Crippen molar-refractivity contribution < 1.29 is 0 Å². The van der Waals surface area contributed by atoms with Gasteiger partial charge in [-0.25, -0.2) is 0 Å². The molecule has 4 aromatic carbocycles. The molecule has 1 aliphatic carbocycles. The Balaban J connectivity index is 0.00000172. The fourth-order valence-electron chi connectivity index (χ4n) is 5.16. The molecule has 0 heterocycles. The molecule has 39 heavy (non-hydrogen) atoms. The highest BCUT2D eigenvalue weighted by Crippen LogP contribution is 2.30. The van der Waals surface area contributed by atoms with Gasteiger partial charge in [0.2, 0.25) is 0 Å². The number of allylic oxidation sites excluding steroid dienone is 8. The fourth-order valence-corrected chi connectivity index (χ4v) is 5.16. The van der Waals surface area contributed by atoms with Gasteiger partial charge in [-0.3, -0.25) is 0 Å². The molecule has 0 aromatic heterocycles. The Hall–Kier alpha value is -4.42. The Bertz CT molecular complexity index is 1720. The molecule has 0 aliphatic heterocycles. The minimum absolute atomic E-state index is 1.19. The molecule has 0 spiro atoms. The van der Waals surface area contributed by atoms with Gasteiger partial charge >= 0.3 is 0 Å². The van der Waals surface area contributed by atoms with Crippen molar-refractivity contribution in [3.05, 3.63) is 148 Å². The van der Waals surface area contributed by atoms with Crippen molar-refractivity contribution in [2.24, 2.45) is 0 Å². The average molecular weight is 507 g/mol. The first-order valence-corrected chi connectivity index (χ1v) is 13.9. The first-order valence-electron chi connectivity index (χ1n) is 13.9. The second-order valence-corrected chi connectivity index (χ2v) is 9.28. The van der Waals surface area contributed by atoms with Gasteiger partial charge in [0.05, 0.1) is 0 Å². The van der Waals surface area contributed by atoms with Crippen molar-refractivity contribution in [3.8, 4) is 11.1 Å². The number of hydrogen-bond acceptors (Lipinski definition) is 0. The Labute approximate surface area is 234 Å². The van der Waals surface area contributed by atoms with Crippen LogP contribution in [0.15, 0.2) is 115 Å². The fraction of sp³-hybridized carbons (Fsp3) is 0.128. The second-order valence-electron chi connectivity index (χ2n) is 9.28. The normalized spacial score (nSPS) is 18.4. The summed E-state index contributed by atoms with van der Waals surface area (Å²) in [6.45, 7) is 10.4. The van der Waals surface area contributed by atoms with Crippen molar-refractivity contribution >= 4 is 40.6 Å². The predicted molar refractivity (Wildman–Crippen MR) is 176 cm³/mol. The molecule has 0 N–H and O–H groups in total. The lowest BCUT2D eigenvalue weighted by molar-refractivity contribution is 1.45. The average Bonchev–Trinajstić information content (AvgIpc) is 2.98. The van der Waals surface area contributed by atoms with Gasteiger partial charge < -0.3 is 0 Å². The van der Waals surface area contributed by atoms with E-state index < -0.39 is 0 Å². The topological polar surface area (TPSA) is 0 Å². The largest absolute Gasteiger partial charge is 0.0791 e. The molecule has 0 amide bonds. The van der Waals surface area contributed by atoms with Gasteiger partial charge in [-0.15, -0.1) is 0 Å². The second kappa shape index (κ2) is 13.4. The van der Waals surface area contributed by atoms with Gasteiger partial charge in [0.15, 0.2) is 0 Å². The summed E-state index contributed by atoms with van der Waals surface area (Å²) < 4.78 is 0. The molecule has 194 valence electrons. The number of benzene rings is 4. The molecule has 0 nitrogen and oxygen atoms in total. The summed E-state index contributed by atoms with van der Waals surface area (Å²) in [7, 11) is 0. The zero-order valence-electron chi connectivity index (χ0n) is 23.8. The van der Waals surface area contributed by atoms with Crippen LogP contribution in [-0.2, 0) is 0 Å². The molecule has 0 saturated heterocycles. The van der Waals surface area contributed by atoms with Gasteiger partial charge in [-0.05, 0) is 75.4 Å². The molecule has 0 fully saturated rings. The van der Waals surface area contributed by atoms with E-state index >= 15 is 0 Å². The molecular formula is C39H38. The highest BCUT2D eigenvalue weighted by molar-refractivity contribution is 6.04. The van der Waals surface area contributed by atoms with Crippen LogP contribution in [0.4, 0.5) is 0 Å². The molecule has 1 aliphatic rings. The summed E-state index contributed by atoms with van der Waals surface area (Å²) in [6.07, 6.45) is 24.0. The minimum Gasteiger partial charge on any atom is -0.0791 e. The van der Waals surface area contributed by atoms with Crippen molar-refractivity contribution in [1.29, 1.82) is 0 Å². The highest BCUT2D eigenvalue weighted by Gasteiger charge is 2.14. The van der Waals surface area contributed by atoms with E-state index in [2.05, 4.69) is 160 Å². The van der Waals surface area contributed by atoms with Gasteiger partial charge in [-0.1, -0.05) is 159 Å². The first-order chi connectivity index (χ1) is 19.2. The Morgan fingerprint density at radius 3 is 1.64 bits per heavy atom. The van der Waals surface area contributed by atoms with Crippen molar-refractivity contribution in [3.63, 3.8) is 0 Å². The van der Waals surface area contributed by atoms with E-state index in [1.165, 1.54) is 60.2 Å². The van der Waals surface area contributed by atoms with Gasteiger partial charge in [0.25, 0.3) is 0 Å². The summed E-state index contributed by atoms with van der Waals surface area (Å²) in [5.41, 5.74) is 8.69. The number of fused-ring (bicyclic) bond motifs is 2. The van der Waals surface area contributed by atoms with Gasteiger partial charge in [-0.2, -0.15) is 0 Å². The Morgan fingerprint density at radius 2 is 1.03 bits per heavy atom. The van der Waals surface area contributed by atoms with E-state index in [1.807, 2.05) is 13.8 Å². The quantitative estimate of drug-likeness (QED) is 0.254. The number of aryl methyl sites for hydroxylation is 1. The molecular weight excluding hydrogens is 468 g/mol. The Morgan fingerprint density at radius 1 is 0.513 bits per heavy atom. The molecule has 0 radical (unpaired) electrons. The van der Waals surface area contributed by atoms with Crippen LogP contribution in [0, 0.1) is 6.92 Å². The lowest BCUT2D eigenvalue weighted by Crippen LogP contribution is -2.30. The molecule has 0 bridgehead atoms. The molecule has 0 unspecified atom stereocenters. The zero-order valence-corrected chi connectivity index (χ0v) is 23.8. The van der Waals surface area contributed by atoms with Crippen molar-refractivity contribution in [1.82, 2.24) is 0 Å². The van der Waals surface area contributed by atoms with Crippen molar-refractivity contribution in [2.75, 3.05) is 0 Å². The standard InChI is InChI=1S/C37H32.C2H6/c1-4-32-33(5-2)37(31-25-23-27(3)24-26-31)35-22-14-13-21-34(35)36(32)30-19-8-6-7-15-28-16-9-10-17-29(28)18-11-12-20-30;1-2/h4-26H,1-3H3;1-2H3/b7-6?,8-6-,12-11?,15-7-,18-11-,19-8?,20-12+,28-15?,29-18?,30-19+,30-20?,32-4+,33-5+;. The van der Waals surface area contributed by atoms with Crippen LogP contribution in [0.5, 0.6) is 0 Å². The van der Waals surface area contributed by atoms with E-state index in [0.29, 0.717) is 0 Å². The maximum absolute atomic E-state index is 2.26. The zero-order chi connectivity index (χ0) is 27.6. The number of hydrogen-bond donors (Lipinski definition) is 0. The van der Waals surface area contributed by atoms with Crippen LogP contribution in [-0.4, -0.2) is 0 Å². The summed E-state index contributed by atoms with van der Waals surface area (Å²) in [5.74, 6) is 0.